The SMILES string of the molecule is CCN(CCF)CCCN. The molecule has 0 amide bonds. The summed E-state index contributed by atoms with van der Waals surface area (Å²) in [5.74, 6) is 0. The van der Waals surface area contributed by atoms with Gasteiger partial charge in [0.1, 0.15) is 6.67 Å². The molecule has 0 radical (unpaired) electrons. The summed E-state index contributed by atoms with van der Waals surface area (Å²) in [5, 5.41) is 0. The number of hydrogen-bond acceptors (Lipinski definition) is 2. The number of nitrogens with two attached hydrogens (primary N) is 1. The normalized spacial score (nSPS) is 10.8. The van der Waals surface area contributed by atoms with E-state index in [0.29, 0.717) is 13.1 Å². The molecule has 0 aliphatic carbocycles. The Hall–Kier alpha value is -0.150. The Morgan fingerprint density at radius 1 is 1.40 bits per heavy atom. The summed E-state index contributed by atoms with van der Waals surface area (Å²) in [6.45, 7) is 4.88. The molecule has 0 aromatic rings. The molecule has 0 fully saturated rings. The minimum Gasteiger partial charge on any atom is -0.330 e. The smallest absolute Gasteiger partial charge is 0.102 e. The Balaban J connectivity index is 3.21. The average Bonchev–Trinajstić information content (AvgIpc) is 1.98. The summed E-state index contributed by atoms with van der Waals surface area (Å²) in [7, 11) is 0. The number of rotatable bonds is 6. The summed E-state index contributed by atoms with van der Waals surface area (Å²) < 4.78 is 11.8. The fourth-order valence-corrected chi connectivity index (χ4v) is 0.862. The number of alkyl halides is 1. The van der Waals surface area contributed by atoms with E-state index in [1.54, 1.807) is 0 Å². The fraction of sp³-hybridized carbons (Fsp3) is 1.00. The van der Waals surface area contributed by atoms with Crippen LogP contribution in [0.25, 0.3) is 0 Å². The van der Waals surface area contributed by atoms with E-state index in [2.05, 4.69) is 4.90 Å². The summed E-state index contributed by atoms with van der Waals surface area (Å²) in [6, 6.07) is 0. The van der Waals surface area contributed by atoms with Gasteiger partial charge in [0, 0.05) is 6.54 Å². The van der Waals surface area contributed by atoms with E-state index in [-0.39, 0.29) is 6.67 Å². The van der Waals surface area contributed by atoms with E-state index in [9.17, 15) is 4.39 Å². The van der Waals surface area contributed by atoms with Gasteiger partial charge < -0.3 is 10.6 Å². The van der Waals surface area contributed by atoms with Crippen LogP contribution >= 0.6 is 0 Å². The van der Waals surface area contributed by atoms with Crippen LogP contribution in [-0.2, 0) is 0 Å². The zero-order valence-corrected chi connectivity index (χ0v) is 6.65. The Kier molecular flexibility index (Phi) is 6.86. The highest BCUT2D eigenvalue weighted by Gasteiger charge is 1.98. The van der Waals surface area contributed by atoms with Gasteiger partial charge in [0.15, 0.2) is 0 Å². The molecule has 10 heavy (non-hydrogen) atoms. The quantitative estimate of drug-likeness (QED) is 0.598. The second-order valence-corrected chi connectivity index (χ2v) is 2.27. The van der Waals surface area contributed by atoms with E-state index in [1.165, 1.54) is 0 Å². The van der Waals surface area contributed by atoms with Gasteiger partial charge in [-0.25, -0.2) is 4.39 Å². The highest BCUT2D eigenvalue weighted by molar-refractivity contribution is 4.54. The molecule has 0 aliphatic heterocycles. The number of hydrogen-bond donors (Lipinski definition) is 1. The lowest BCUT2D eigenvalue weighted by Crippen LogP contribution is -2.28. The van der Waals surface area contributed by atoms with Crippen molar-refractivity contribution in [3.05, 3.63) is 0 Å². The standard InChI is InChI=1S/C7H17FN2/c1-2-10(7-4-8)6-3-5-9/h2-7,9H2,1H3. The van der Waals surface area contributed by atoms with Crippen molar-refractivity contribution in [3.8, 4) is 0 Å². The zero-order chi connectivity index (χ0) is 7.82. The summed E-state index contributed by atoms with van der Waals surface area (Å²) in [5.41, 5.74) is 5.31. The molecule has 0 aliphatic rings. The van der Waals surface area contributed by atoms with Crippen LogP contribution in [0.1, 0.15) is 13.3 Å². The maximum absolute atomic E-state index is 11.8. The molecule has 3 heteroatoms. The lowest BCUT2D eigenvalue weighted by atomic mass is 10.4. The van der Waals surface area contributed by atoms with Gasteiger partial charge in [-0.1, -0.05) is 6.92 Å². The first-order valence-electron chi connectivity index (χ1n) is 3.83. The van der Waals surface area contributed by atoms with Gasteiger partial charge in [-0.15, -0.1) is 0 Å². The monoisotopic (exact) mass is 148 g/mol. The molecule has 0 aromatic heterocycles. The summed E-state index contributed by atoms with van der Waals surface area (Å²) in [4.78, 5) is 2.06. The maximum atomic E-state index is 11.8. The molecule has 62 valence electrons. The van der Waals surface area contributed by atoms with Crippen molar-refractivity contribution in [2.75, 3.05) is 32.9 Å². The largest absolute Gasteiger partial charge is 0.330 e. The highest BCUT2D eigenvalue weighted by atomic mass is 19.1. The molecule has 0 atom stereocenters. The molecule has 0 rings (SSSR count). The van der Waals surface area contributed by atoms with Crippen molar-refractivity contribution in [2.45, 2.75) is 13.3 Å². The third-order valence-corrected chi connectivity index (χ3v) is 1.53. The van der Waals surface area contributed by atoms with Gasteiger partial charge in [-0.3, -0.25) is 0 Å². The maximum Gasteiger partial charge on any atom is 0.102 e. The third-order valence-electron chi connectivity index (χ3n) is 1.53. The average molecular weight is 148 g/mol. The first kappa shape index (κ1) is 9.85. The molecule has 0 aromatic carbocycles. The lowest BCUT2D eigenvalue weighted by Gasteiger charge is -2.17. The first-order valence-corrected chi connectivity index (χ1v) is 3.83. The molecular formula is C7H17FN2. The minimum atomic E-state index is -0.252. The highest BCUT2D eigenvalue weighted by Crippen LogP contribution is 1.89. The molecule has 0 heterocycles. The lowest BCUT2D eigenvalue weighted by molar-refractivity contribution is 0.258. The molecular weight excluding hydrogens is 131 g/mol. The van der Waals surface area contributed by atoms with Crippen LogP contribution in [0.4, 0.5) is 4.39 Å². The Morgan fingerprint density at radius 3 is 2.50 bits per heavy atom. The van der Waals surface area contributed by atoms with Gasteiger partial charge >= 0.3 is 0 Å². The molecule has 2 nitrogen and oxygen atoms in total. The summed E-state index contributed by atoms with van der Waals surface area (Å²) in [6.07, 6.45) is 0.966. The van der Waals surface area contributed by atoms with Crippen molar-refractivity contribution in [1.82, 2.24) is 4.90 Å². The van der Waals surface area contributed by atoms with E-state index < -0.39 is 0 Å². The second kappa shape index (κ2) is 6.96. The topological polar surface area (TPSA) is 29.3 Å². The van der Waals surface area contributed by atoms with E-state index in [1.807, 2.05) is 6.92 Å². The Labute approximate surface area is 62.2 Å². The zero-order valence-electron chi connectivity index (χ0n) is 6.65. The van der Waals surface area contributed by atoms with E-state index in [0.717, 1.165) is 19.5 Å². The second-order valence-electron chi connectivity index (χ2n) is 2.27. The van der Waals surface area contributed by atoms with Crippen LogP contribution < -0.4 is 5.73 Å². The van der Waals surface area contributed by atoms with Gasteiger partial charge in [0.05, 0.1) is 0 Å². The van der Waals surface area contributed by atoms with Crippen LogP contribution in [-0.4, -0.2) is 37.8 Å². The van der Waals surface area contributed by atoms with Crippen molar-refractivity contribution < 1.29 is 4.39 Å². The molecule has 0 unspecified atom stereocenters. The molecule has 0 spiro atoms. The van der Waals surface area contributed by atoms with Gasteiger partial charge in [0.2, 0.25) is 0 Å². The van der Waals surface area contributed by atoms with Crippen molar-refractivity contribution >= 4 is 0 Å². The number of nitrogens with zero attached hydrogens (tertiary/aromatic N) is 1. The molecule has 0 bridgehead atoms. The fourth-order valence-electron chi connectivity index (χ4n) is 0.862. The number of halogens is 1. The Bertz CT molecular complexity index is 68.6. The van der Waals surface area contributed by atoms with Crippen molar-refractivity contribution in [1.29, 1.82) is 0 Å². The predicted octanol–water partition coefficient (Wildman–Crippen LogP) is 0.627. The van der Waals surface area contributed by atoms with Crippen molar-refractivity contribution in [3.63, 3.8) is 0 Å². The third kappa shape index (κ3) is 4.70. The van der Waals surface area contributed by atoms with Crippen LogP contribution in [0, 0.1) is 0 Å². The van der Waals surface area contributed by atoms with Crippen molar-refractivity contribution in [2.24, 2.45) is 5.73 Å². The van der Waals surface area contributed by atoms with E-state index in [4.69, 9.17) is 5.73 Å². The van der Waals surface area contributed by atoms with Crippen LogP contribution in [0.2, 0.25) is 0 Å². The molecule has 0 saturated carbocycles. The van der Waals surface area contributed by atoms with Gasteiger partial charge in [-0.2, -0.15) is 0 Å². The van der Waals surface area contributed by atoms with Crippen LogP contribution in [0.3, 0.4) is 0 Å². The molecule has 0 saturated heterocycles. The van der Waals surface area contributed by atoms with Gasteiger partial charge in [-0.05, 0) is 26.1 Å². The van der Waals surface area contributed by atoms with Crippen LogP contribution in [0.5, 0.6) is 0 Å². The van der Waals surface area contributed by atoms with E-state index >= 15 is 0 Å². The van der Waals surface area contributed by atoms with Gasteiger partial charge in [0.25, 0.3) is 0 Å². The predicted molar refractivity (Wildman–Crippen MR) is 41.8 cm³/mol. The Morgan fingerprint density at radius 2 is 2.10 bits per heavy atom. The summed E-state index contributed by atoms with van der Waals surface area (Å²) >= 11 is 0. The first-order chi connectivity index (χ1) is 4.85. The van der Waals surface area contributed by atoms with Crippen LogP contribution in [0.15, 0.2) is 0 Å². The minimum absolute atomic E-state index is 0.252. The molecule has 2 N–H and O–H groups in total.